The normalized spacial score (nSPS) is 27.8. The van der Waals surface area contributed by atoms with Crippen molar-refractivity contribution < 1.29 is 0 Å². The zero-order chi connectivity index (χ0) is 13.1. The predicted molar refractivity (Wildman–Crippen MR) is 79.2 cm³/mol. The van der Waals surface area contributed by atoms with Crippen molar-refractivity contribution in [1.29, 1.82) is 0 Å². The van der Waals surface area contributed by atoms with E-state index < -0.39 is 0 Å². The fraction of sp³-hybridized carbons (Fsp3) is 0.688. The highest BCUT2D eigenvalue weighted by atomic mass is 15.2. The average molecular weight is 259 g/mol. The Morgan fingerprint density at radius 1 is 1.21 bits per heavy atom. The zero-order valence-electron chi connectivity index (χ0n) is 11.9. The van der Waals surface area contributed by atoms with Crippen LogP contribution >= 0.6 is 0 Å². The molecule has 1 aromatic heterocycles. The monoisotopic (exact) mass is 259 g/mol. The topological polar surface area (TPSA) is 28.2 Å². The third-order valence-corrected chi connectivity index (χ3v) is 4.82. The Labute approximate surface area is 116 Å². The lowest BCUT2D eigenvalue weighted by Gasteiger charge is -2.44. The summed E-state index contributed by atoms with van der Waals surface area (Å²) in [5.74, 6) is 1.92. The Bertz CT molecular complexity index is 399. The molecular weight excluding hydrogens is 234 g/mol. The molecule has 1 aliphatic heterocycles. The minimum absolute atomic E-state index is 0.839. The number of fused-ring (bicyclic) bond motifs is 1. The van der Waals surface area contributed by atoms with Crippen LogP contribution in [0.15, 0.2) is 18.3 Å². The van der Waals surface area contributed by atoms with Crippen LogP contribution in [-0.4, -0.2) is 29.5 Å². The molecule has 0 radical (unpaired) electrons. The van der Waals surface area contributed by atoms with Crippen molar-refractivity contribution in [2.45, 2.75) is 51.1 Å². The number of pyridine rings is 1. The molecule has 2 unspecified atom stereocenters. The number of aromatic nitrogens is 1. The molecule has 1 aromatic rings. The molecule has 2 aliphatic rings. The number of nitrogens with zero attached hydrogens (tertiary/aromatic N) is 2. The first-order valence-electron chi connectivity index (χ1n) is 7.73. The lowest BCUT2D eigenvalue weighted by Crippen LogP contribution is -2.46. The van der Waals surface area contributed by atoms with Gasteiger partial charge in [-0.1, -0.05) is 18.9 Å². The van der Waals surface area contributed by atoms with Gasteiger partial charge >= 0.3 is 0 Å². The predicted octanol–water partition coefficient (Wildman–Crippen LogP) is 3.28. The van der Waals surface area contributed by atoms with E-state index in [4.69, 9.17) is 0 Å². The molecule has 1 saturated heterocycles. The summed E-state index contributed by atoms with van der Waals surface area (Å²) < 4.78 is 0. The highest BCUT2D eigenvalue weighted by molar-refractivity contribution is 5.34. The van der Waals surface area contributed by atoms with Crippen LogP contribution in [0.3, 0.4) is 0 Å². The van der Waals surface area contributed by atoms with E-state index in [0.29, 0.717) is 0 Å². The fourth-order valence-electron chi connectivity index (χ4n) is 3.82. The minimum Gasteiger partial charge on any atom is -0.373 e. The molecular formula is C16H25N3. The van der Waals surface area contributed by atoms with Gasteiger partial charge in [-0.15, -0.1) is 0 Å². The van der Waals surface area contributed by atoms with Gasteiger partial charge in [-0.05, 0) is 49.8 Å². The summed E-state index contributed by atoms with van der Waals surface area (Å²) in [7, 11) is 1.92. The third-order valence-electron chi connectivity index (χ3n) is 4.82. The second-order valence-electron chi connectivity index (χ2n) is 6.03. The van der Waals surface area contributed by atoms with E-state index in [-0.39, 0.29) is 0 Å². The lowest BCUT2D eigenvalue weighted by atomic mass is 9.78. The largest absolute Gasteiger partial charge is 0.373 e. The van der Waals surface area contributed by atoms with Crippen LogP contribution in [0.4, 0.5) is 5.82 Å². The maximum Gasteiger partial charge on any atom is 0.125 e. The van der Waals surface area contributed by atoms with Crippen LogP contribution in [0, 0.1) is 5.92 Å². The smallest absolute Gasteiger partial charge is 0.125 e. The summed E-state index contributed by atoms with van der Waals surface area (Å²) in [6, 6.07) is 5.13. The van der Waals surface area contributed by atoms with Crippen molar-refractivity contribution >= 4 is 5.82 Å². The van der Waals surface area contributed by atoms with Crippen LogP contribution in [-0.2, 0) is 6.54 Å². The molecule has 19 heavy (non-hydrogen) atoms. The van der Waals surface area contributed by atoms with Crippen LogP contribution in [0.1, 0.15) is 44.1 Å². The summed E-state index contributed by atoms with van der Waals surface area (Å²) in [6.45, 7) is 2.35. The van der Waals surface area contributed by atoms with E-state index in [2.05, 4.69) is 27.3 Å². The summed E-state index contributed by atoms with van der Waals surface area (Å²) in [6.07, 6.45) is 10.6. The van der Waals surface area contributed by atoms with Gasteiger partial charge in [-0.3, -0.25) is 4.90 Å². The molecule has 1 saturated carbocycles. The maximum atomic E-state index is 4.43. The Morgan fingerprint density at radius 2 is 2.05 bits per heavy atom. The first kappa shape index (κ1) is 12.9. The summed E-state index contributed by atoms with van der Waals surface area (Å²) in [4.78, 5) is 7.14. The van der Waals surface area contributed by atoms with E-state index >= 15 is 0 Å². The van der Waals surface area contributed by atoms with Gasteiger partial charge in [0.25, 0.3) is 0 Å². The number of rotatable bonds is 3. The van der Waals surface area contributed by atoms with Crippen molar-refractivity contribution in [2.75, 3.05) is 18.9 Å². The Balaban J connectivity index is 1.66. The highest BCUT2D eigenvalue weighted by Gasteiger charge is 2.32. The number of piperidine rings is 1. The molecule has 1 aliphatic carbocycles. The summed E-state index contributed by atoms with van der Waals surface area (Å²) in [5, 5.41) is 3.08. The molecule has 0 bridgehead atoms. The number of nitrogens with one attached hydrogen (secondary N) is 1. The molecule has 1 N–H and O–H groups in total. The first-order valence-corrected chi connectivity index (χ1v) is 7.73. The molecule has 2 atom stereocenters. The number of hydrogen-bond donors (Lipinski definition) is 1. The van der Waals surface area contributed by atoms with Crippen molar-refractivity contribution in [2.24, 2.45) is 5.92 Å². The Morgan fingerprint density at radius 3 is 2.84 bits per heavy atom. The molecule has 0 amide bonds. The second-order valence-corrected chi connectivity index (χ2v) is 6.03. The van der Waals surface area contributed by atoms with Crippen molar-refractivity contribution in [1.82, 2.24) is 9.88 Å². The van der Waals surface area contributed by atoms with Gasteiger partial charge in [0.15, 0.2) is 0 Å². The van der Waals surface area contributed by atoms with Crippen LogP contribution in [0.5, 0.6) is 0 Å². The molecule has 2 fully saturated rings. The summed E-state index contributed by atoms with van der Waals surface area (Å²) >= 11 is 0. The molecule has 2 heterocycles. The standard InChI is InChI=1S/C16H25N3/c1-17-16-9-8-13(11-18-16)12-19-10-4-6-14-5-2-3-7-15(14)19/h8-9,11,14-15H,2-7,10,12H2,1H3,(H,17,18). The van der Waals surface area contributed by atoms with Crippen molar-refractivity contribution in [3.8, 4) is 0 Å². The second kappa shape index (κ2) is 5.91. The van der Waals surface area contributed by atoms with E-state index in [1.54, 1.807) is 0 Å². The molecule has 3 heteroatoms. The van der Waals surface area contributed by atoms with E-state index in [1.165, 1.54) is 50.6 Å². The van der Waals surface area contributed by atoms with Gasteiger partial charge in [-0.25, -0.2) is 4.98 Å². The summed E-state index contributed by atoms with van der Waals surface area (Å²) in [5.41, 5.74) is 1.35. The van der Waals surface area contributed by atoms with Gasteiger partial charge < -0.3 is 5.32 Å². The molecule has 3 nitrogen and oxygen atoms in total. The van der Waals surface area contributed by atoms with Gasteiger partial charge in [0, 0.05) is 25.8 Å². The molecule has 3 rings (SSSR count). The van der Waals surface area contributed by atoms with Gasteiger partial charge in [-0.2, -0.15) is 0 Å². The fourth-order valence-corrected chi connectivity index (χ4v) is 3.82. The van der Waals surface area contributed by atoms with E-state index in [1.807, 2.05) is 13.2 Å². The van der Waals surface area contributed by atoms with Gasteiger partial charge in [0.2, 0.25) is 0 Å². The number of likely N-dealkylation sites (tertiary alicyclic amines) is 1. The Hall–Kier alpha value is -1.09. The van der Waals surface area contributed by atoms with Gasteiger partial charge in [0.05, 0.1) is 0 Å². The van der Waals surface area contributed by atoms with Crippen LogP contribution in [0.25, 0.3) is 0 Å². The average Bonchev–Trinajstić information content (AvgIpc) is 2.48. The van der Waals surface area contributed by atoms with Gasteiger partial charge in [0.1, 0.15) is 5.82 Å². The van der Waals surface area contributed by atoms with Crippen LogP contribution < -0.4 is 5.32 Å². The molecule has 104 valence electrons. The number of hydrogen-bond acceptors (Lipinski definition) is 3. The SMILES string of the molecule is CNc1ccc(CN2CCCC3CCCCC32)cn1. The Kier molecular flexibility index (Phi) is 4.02. The quantitative estimate of drug-likeness (QED) is 0.903. The van der Waals surface area contributed by atoms with Crippen molar-refractivity contribution in [3.05, 3.63) is 23.9 Å². The van der Waals surface area contributed by atoms with E-state index in [0.717, 1.165) is 24.3 Å². The number of anilines is 1. The van der Waals surface area contributed by atoms with Crippen LogP contribution in [0.2, 0.25) is 0 Å². The highest BCUT2D eigenvalue weighted by Crippen LogP contribution is 2.35. The van der Waals surface area contributed by atoms with E-state index in [9.17, 15) is 0 Å². The maximum absolute atomic E-state index is 4.43. The zero-order valence-corrected chi connectivity index (χ0v) is 11.9. The molecule has 0 spiro atoms. The van der Waals surface area contributed by atoms with Crippen molar-refractivity contribution in [3.63, 3.8) is 0 Å². The third kappa shape index (κ3) is 2.92. The minimum atomic E-state index is 0.839. The first-order chi connectivity index (χ1) is 9.36. The molecule has 0 aromatic carbocycles. The lowest BCUT2D eigenvalue weighted by molar-refractivity contribution is 0.0546.